The molecule has 0 bridgehead atoms. The number of aliphatic hydroxyl groups is 1. The lowest BCUT2D eigenvalue weighted by Crippen LogP contribution is -2.39. The Labute approximate surface area is 130 Å². The second-order valence-corrected chi connectivity index (χ2v) is 6.11. The fourth-order valence-corrected chi connectivity index (χ4v) is 3.19. The Morgan fingerprint density at radius 1 is 1.62 bits per heavy atom. The average Bonchev–Trinajstić information content (AvgIpc) is 3.12. The first-order chi connectivity index (χ1) is 10.3. The van der Waals surface area contributed by atoms with Crippen molar-refractivity contribution in [3.05, 3.63) is 22.4 Å². The van der Waals surface area contributed by atoms with Gasteiger partial charge in [-0.3, -0.25) is 4.90 Å². The minimum atomic E-state index is -0.529. The summed E-state index contributed by atoms with van der Waals surface area (Å²) in [5.74, 6) is 2.41. The minimum Gasteiger partial charge on any atom is -0.389 e. The summed E-state index contributed by atoms with van der Waals surface area (Å²) in [4.78, 5) is 2.24. The number of nitrogens with zero attached hydrogens (tertiary/aromatic N) is 1. The van der Waals surface area contributed by atoms with Crippen molar-refractivity contribution in [2.45, 2.75) is 31.6 Å². The van der Waals surface area contributed by atoms with Crippen molar-refractivity contribution in [2.75, 3.05) is 32.9 Å². The highest BCUT2D eigenvalue weighted by Crippen LogP contribution is 2.16. The van der Waals surface area contributed by atoms with E-state index in [-0.39, 0.29) is 19.3 Å². The molecule has 0 amide bonds. The lowest BCUT2D eigenvalue weighted by molar-refractivity contribution is 0.00958. The quantitative estimate of drug-likeness (QED) is 0.557. The fourth-order valence-electron chi connectivity index (χ4n) is 2.53. The summed E-state index contributed by atoms with van der Waals surface area (Å²) in [6.07, 6.45) is 7.11. The molecule has 1 aromatic rings. The molecular weight excluding hydrogens is 286 g/mol. The molecule has 2 unspecified atom stereocenters. The van der Waals surface area contributed by atoms with Gasteiger partial charge < -0.3 is 14.6 Å². The van der Waals surface area contributed by atoms with Gasteiger partial charge in [-0.2, -0.15) is 11.3 Å². The summed E-state index contributed by atoms with van der Waals surface area (Å²) in [6.45, 7) is 3.62. The van der Waals surface area contributed by atoms with Crippen LogP contribution in [-0.2, 0) is 16.0 Å². The van der Waals surface area contributed by atoms with Crippen molar-refractivity contribution in [1.82, 2.24) is 4.90 Å². The van der Waals surface area contributed by atoms with Crippen LogP contribution in [0, 0.1) is 12.3 Å². The Hall–Kier alpha value is -0.900. The largest absolute Gasteiger partial charge is 0.389 e. The van der Waals surface area contributed by atoms with Crippen molar-refractivity contribution in [1.29, 1.82) is 0 Å². The summed E-state index contributed by atoms with van der Waals surface area (Å²) in [5, 5.41) is 14.3. The molecule has 4 nitrogen and oxygen atoms in total. The van der Waals surface area contributed by atoms with Gasteiger partial charge >= 0.3 is 0 Å². The van der Waals surface area contributed by atoms with E-state index in [9.17, 15) is 5.11 Å². The van der Waals surface area contributed by atoms with E-state index in [1.54, 1.807) is 11.3 Å². The number of hydrogen-bond donors (Lipinski definition) is 1. The first kappa shape index (κ1) is 16.5. The smallest absolute Gasteiger partial charge is 0.107 e. The summed E-state index contributed by atoms with van der Waals surface area (Å²) in [7, 11) is 0. The summed E-state index contributed by atoms with van der Waals surface area (Å²) in [6, 6.07) is 2.12. The van der Waals surface area contributed by atoms with Crippen molar-refractivity contribution in [3.8, 4) is 12.3 Å². The van der Waals surface area contributed by atoms with Crippen molar-refractivity contribution in [2.24, 2.45) is 0 Å². The molecule has 116 valence electrons. The Morgan fingerprint density at radius 3 is 3.19 bits per heavy atom. The zero-order valence-corrected chi connectivity index (χ0v) is 13.1. The molecule has 1 N–H and O–H groups in total. The van der Waals surface area contributed by atoms with Gasteiger partial charge in [0.05, 0.1) is 18.8 Å². The maximum absolute atomic E-state index is 10.1. The van der Waals surface area contributed by atoms with Crippen LogP contribution in [0.25, 0.3) is 0 Å². The number of aliphatic hydroxyl groups excluding tert-OH is 1. The number of thiophene rings is 1. The zero-order valence-electron chi connectivity index (χ0n) is 12.2. The van der Waals surface area contributed by atoms with E-state index >= 15 is 0 Å². The highest BCUT2D eigenvalue weighted by atomic mass is 32.1. The molecule has 2 heterocycles. The maximum Gasteiger partial charge on any atom is 0.107 e. The van der Waals surface area contributed by atoms with Crippen molar-refractivity contribution in [3.63, 3.8) is 0 Å². The van der Waals surface area contributed by atoms with Crippen LogP contribution in [0.1, 0.15) is 18.4 Å². The van der Waals surface area contributed by atoms with Crippen LogP contribution in [0.4, 0.5) is 0 Å². The van der Waals surface area contributed by atoms with Gasteiger partial charge in [-0.25, -0.2) is 0 Å². The molecular formula is C16H23NO3S. The molecule has 0 radical (unpaired) electrons. The Morgan fingerprint density at radius 2 is 2.52 bits per heavy atom. The molecule has 1 aromatic heterocycles. The molecule has 1 aliphatic heterocycles. The fraction of sp³-hybridized carbons (Fsp3) is 0.625. The monoisotopic (exact) mass is 309 g/mol. The highest BCUT2D eigenvalue weighted by molar-refractivity contribution is 7.07. The van der Waals surface area contributed by atoms with Gasteiger partial charge in [0, 0.05) is 26.2 Å². The van der Waals surface area contributed by atoms with Gasteiger partial charge in [0.2, 0.25) is 0 Å². The third-order valence-electron chi connectivity index (χ3n) is 3.44. The Kier molecular flexibility index (Phi) is 7.20. The van der Waals surface area contributed by atoms with Gasteiger partial charge in [-0.15, -0.1) is 6.42 Å². The van der Waals surface area contributed by atoms with Crippen LogP contribution in [-0.4, -0.2) is 55.1 Å². The number of rotatable bonds is 9. The molecule has 0 spiro atoms. The molecule has 0 saturated carbocycles. The van der Waals surface area contributed by atoms with Gasteiger partial charge in [0.25, 0.3) is 0 Å². The van der Waals surface area contributed by atoms with Gasteiger partial charge in [-0.1, -0.05) is 5.92 Å². The van der Waals surface area contributed by atoms with E-state index in [0.717, 1.165) is 32.5 Å². The van der Waals surface area contributed by atoms with Crippen LogP contribution in [0.5, 0.6) is 0 Å². The van der Waals surface area contributed by atoms with Gasteiger partial charge in [0.15, 0.2) is 0 Å². The lowest BCUT2D eigenvalue weighted by Gasteiger charge is -2.27. The Bertz CT molecular complexity index is 423. The Balaban J connectivity index is 1.83. The van der Waals surface area contributed by atoms with Crippen molar-refractivity contribution >= 4 is 11.3 Å². The zero-order chi connectivity index (χ0) is 14.9. The molecule has 1 fully saturated rings. The molecule has 0 aromatic carbocycles. The lowest BCUT2D eigenvalue weighted by atomic mass is 10.2. The average molecular weight is 309 g/mol. The van der Waals surface area contributed by atoms with Crippen molar-refractivity contribution < 1.29 is 14.6 Å². The number of hydrogen-bond acceptors (Lipinski definition) is 5. The van der Waals surface area contributed by atoms with Gasteiger partial charge in [-0.05, 0) is 35.2 Å². The van der Waals surface area contributed by atoms with E-state index in [1.807, 2.05) is 0 Å². The molecule has 5 heteroatoms. The van der Waals surface area contributed by atoms with Crippen LogP contribution in [0.3, 0.4) is 0 Å². The number of ether oxygens (including phenoxy) is 2. The van der Waals surface area contributed by atoms with E-state index in [0.29, 0.717) is 6.54 Å². The summed E-state index contributed by atoms with van der Waals surface area (Å²) >= 11 is 1.69. The molecule has 21 heavy (non-hydrogen) atoms. The summed E-state index contributed by atoms with van der Waals surface area (Å²) in [5.41, 5.74) is 1.27. The standard InChI is InChI=1S/C16H23NO3S/c1-2-6-19-12-15(18)10-17(9-14-5-8-21-13-14)11-16-4-3-7-20-16/h1,5,8,13,15-16,18H,3-4,6-7,9-12H2. The van der Waals surface area contributed by atoms with Gasteiger partial charge in [0.1, 0.15) is 6.61 Å². The van der Waals surface area contributed by atoms with E-state index < -0.39 is 6.10 Å². The third kappa shape index (κ3) is 6.16. The molecule has 2 rings (SSSR count). The first-order valence-corrected chi connectivity index (χ1v) is 8.26. The highest BCUT2D eigenvalue weighted by Gasteiger charge is 2.21. The van der Waals surface area contributed by atoms with Crippen LogP contribution in [0.15, 0.2) is 16.8 Å². The predicted molar refractivity (Wildman–Crippen MR) is 84.2 cm³/mol. The minimum absolute atomic E-state index is 0.243. The predicted octanol–water partition coefficient (Wildman–Crippen LogP) is 1.74. The molecule has 0 aliphatic carbocycles. The second-order valence-electron chi connectivity index (χ2n) is 5.33. The SMILES string of the molecule is C#CCOCC(O)CN(Cc1ccsc1)CC1CCCO1. The first-order valence-electron chi connectivity index (χ1n) is 7.32. The van der Waals surface area contributed by atoms with Crippen LogP contribution < -0.4 is 0 Å². The molecule has 1 saturated heterocycles. The molecule has 1 aliphatic rings. The maximum atomic E-state index is 10.1. The van der Waals surface area contributed by atoms with Crippen LogP contribution >= 0.6 is 11.3 Å². The normalized spacial score (nSPS) is 19.8. The van der Waals surface area contributed by atoms with E-state index in [4.69, 9.17) is 15.9 Å². The topological polar surface area (TPSA) is 41.9 Å². The van der Waals surface area contributed by atoms with E-state index in [2.05, 4.69) is 27.6 Å². The van der Waals surface area contributed by atoms with E-state index in [1.165, 1.54) is 5.56 Å². The number of terminal acetylenes is 1. The van der Waals surface area contributed by atoms with Crippen LogP contribution in [0.2, 0.25) is 0 Å². The second kappa shape index (κ2) is 9.19. The third-order valence-corrected chi connectivity index (χ3v) is 4.17. The summed E-state index contributed by atoms with van der Waals surface area (Å²) < 4.78 is 10.9. The molecule has 2 atom stereocenters.